The zero-order valence-electron chi connectivity index (χ0n) is 7.16. The van der Waals surface area contributed by atoms with Crippen LogP contribution in [0.4, 0.5) is 0 Å². The number of hydrogen-bond acceptors (Lipinski definition) is 1. The summed E-state index contributed by atoms with van der Waals surface area (Å²) < 4.78 is 0. The maximum Gasteiger partial charge on any atom is 0.335 e. The van der Waals surface area contributed by atoms with Crippen molar-refractivity contribution in [3.8, 4) is 0 Å². The first-order valence-electron chi connectivity index (χ1n) is 3.78. The van der Waals surface area contributed by atoms with Gasteiger partial charge in [-0.1, -0.05) is 13.0 Å². The van der Waals surface area contributed by atoms with Gasteiger partial charge in [0.1, 0.15) is 0 Å². The quantitative estimate of drug-likeness (QED) is 0.726. The van der Waals surface area contributed by atoms with Crippen molar-refractivity contribution >= 4 is 5.97 Å². The molecule has 1 radical (unpaired) electrons. The van der Waals surface area contributed by atoms with E-state index in [1.165, 1.54) is 0 Å². The molecular formula is C10H11O2. The van der Waals surface area contributed by atoms with Gasteiger partial charge >= 0.3 is 5.97 Å². The van der Waals surface area contributed by atoms with E-state index in [4.69, 9.17) is 5.11 Å². The van der Waals surface area contributed by atoms with Gasteiger partial charge in [-0.15, -0.1) is 0 Å². The molecule has 12 heavy (non-hydrogen) atoms. The summed E-state index contributed by atoms with van der Waals surface area (Å²) in [6.45, 7) is 3.86. The van der Waals surface area contributed by atoms with E-state index < -0.39 is 5.97 Å². The zero-order valence-corrected chi connectivity index (χ0v) is 7.16. The molecule has 0 heterocycles. The highest BCUT2D eigenvalue weighted by atomic mass is 16.4. The Hall–Kier alpha value is -1.31. The van der Waals surface area contributed by atoms with E-state index in [0.717, 1.165) is 11.1 Å². The van der Waals surface area contributed by atoms with Gasteiger partial charge in [0.2, 0.25) is 0 Å². The third-order valence-corrected chi connectivity index (χ3v) is 1.84. The Morgan fingerprint density at radius 1 is 1.50 bits per heavy atom. The SMILES string of the molecule is C[CH]c1cc(C(=O)O)ccc1C. The predicted octanol–water partition coefficient (Wildman–Crippen LogP) is 2.27. The molecule has 0 aliphatic heterocycles. The Bertz CT molecular complexity index is 303. The van der Waals surface area contributed by atoms with Gasteiger partial charge in [-0.05, 0) is 36.6 Å². The molecule has 0 fully saturated rings. The maximum absolute atomic E-state index is 10.6. The van der Waals surface area contributed by atoms with Crippen molar-refractivity contribution in [2.24, 2.45) is 0 Å². The number of aryl methyl sites for hydroxylation is 1. The molecular weight excluding hydrogens is 152 g/mol. The van der Waals surface area contributed by atoms with Crippen LogP contribution in [0.25, 0.3) is 0 Å². The maximum atomic E-state index is 10.6. The summed E-state index contributed by atoms with van der Waals surface area (Å²) >= 11 is 0. The van der Waals surface area contributed by atoms with Gasteiger partial charge in [0, 0.05) is 0 Å². The lowest BCUT2D eigenvalue weighted by atomic mass is 10.0. The minimum atomic E-state index is -0.877. The van der Waals surface area contributed by atoms with E-state index in [0.29, 0.717) is 5.56 Å². The standard InChI is InChI=1S/C10H11O2/c1-3-8-6-9(10(11)12)5-4-7(8)2/h3-6H,1-2H3,(H,11,12). The summed E-state index contributed by atoms with van der Waals surface area (Å²) in [7, 11) is 0. The molecule has 0 aliphatic carbocycles. The summed E-state index contributed by atoms with van der Waals surface area (Å²) in [5.41, 5.74) is 2.42. The Kier molecular flexibility index (Phi) is 2.48. The molecule has 0 unspecified atom stereocenters. The van der Waals surface area contributed by atoms with Gasteiger partial charge in [0.25, 0.3) is 0 Å². The minimum absolute atomic E-state index is 0.341. The van der Waals surface area contributed by atoms with E-state index >= 15 is 0 Å². The second-order valence-electron chi connectivity index (χ2n) is 2.67. The monoisotopic (exact) mass is 163 g/mol. The van der Waals surface area contributed by atoms with Crippen LogP contribution in [-0.2, 0) is 0 Å². The number of carboxylic acid groups (broad SMARTS) is 1. The average molecular weight is 163 g/mol. The highest BCUT2D eigenvalue weighted by molar-refractivity contribution is 5.88. The molecule has 63 valence electrons. The highest BCUT2D eigenvalue weighted by Gasteiger charge is 2.04. The number of carboxylic acids is 1. The fourth-order valence-corrected chi connectivity index (χ4v) is 1.08. The van der Waals surface area contributed by atoms with E-state index in [9.17, 15) is 4.79 Å². The summed E-state index contributed by atoms with van der Waals surface area (Å²) in [5, 5.41) is 8.68. The van der Waals surface area contributed by atoms with E-state index in [-0.39, 0.29) is 0 Å². The number of carbonyl (C=O) groups is 1. The molecule has 1 N–H and O–H groups in total. The van der Waals surface area contributed by atoms with Crippen molar-refractivity contribution < 1.29 is 9.90 Å². The van der Waals surface area contributed by atoms with Crippen molar-refractivity contribution in [3.63, 3.8) is 0 Å². The fourth-order valence-electron chi connectivity index (χ4n) is 1.08. The van der Waals surface area contributed by atoms with E-state index in [1.54, 1.807) is 12.1 Å². The normalized spacial score (nSPS) is 9.83. The highest BCUT2D eigenvalue weighted by Crippen LogP contribution is 2.12. The Morgan fingerprint density at radius 2 is 2.17 bits per heavy atom. The molecule has 0 aliphatic rings. The largest absolute Gasteiger partial charge is 0.478 e. The van der Waals surface area contributed by atoms with Crippen LogP contribution in [-0.4, -0.2) is 11.1 Å². The van der Waals surface area contributed by atoms with Crippen LogP contribution in [0.1, 0.15) is 28.4 Å². The third kappa shape index (κ3) is 1.64. The van der Waals surface area contributed by atoms with Crippen LogP contribution in [0.5, 0.6) is 0 Å². The van der Waals surface area contributed by atoms with Gasteiger partial charge in [-0.25, -0.2) is 4.79 Å². The molecule has 0 saturated carbocycles. The van der Waals surface area contributed by atoms with Gasteiger partial charge in [-0.2, -0.15) is 0 Å². The summed E-state index contributed by atoms with van der Waals surface area (Å²) in [5.74, 6) is -0.877. The topological polar surface area (TPSA) is 37.3 Å². The van der Waals surface area contributed by atoms with Gasteiger partial charge in [0.05, 0.1) is 5.56 Å². The molecule has 0 amide bonds. The van der Waals surface area contributed by atoms with Crippen LogP contribution >= 0.6 is 0 Å². The fraction of sp³-hybridized carbons (Fsp3) is 0.200. The molecule has 0 aromatic heterocycles. The third-order valence-electron chi connectivity index (χ3n) is 1.84. The second-order valence-corrected chi connectivity index (χ2v) is 2.67. The molecule has 0 saturated heterocycles. The molecule has 0 atom stereocenters. The molecule has 1 rings (SSSR count). The molecule has 0 spiro atoms. The van der Waals surface area contributed by atoms with E-state index in [1.807, 2.05) is 26.3 Å². The van der Waals surface area contributed by atoms with Crippen LogP contribution in [0.3, 0.4) is 0 Å². The predicted molar refractivity (Wildman–Crippen MR) is 47.2 cm³/mol. The van der Waals surface area contributed by atoms with Crippen molar-refractivity contribution in [2.45, 2.75) is 13.8 Å². The zero-order chi connectivity index (χ0) is 9.14. The second kappa shape index (κ2) is 3.39. The van der Waals surface area contributed by atoms with Gasteiger partial charge in [-0.3, -0.25) is 0 Å². The van der Waals surface area contributed by atoms with E-state index in [2.05, 4.69) is 0 Å². The molecule has 1 aromatic carbocycles. The lowest BCUT2D eigenvalue weighted by molar-refractivity contribution is 0.0697. The Balaban J connectivity index is 3.13. The minimum Gasteiger partial charge on any atom is -0.478 e. The Morgan fingerprint density at radius 3 is 2.67 bits per heavy atom. The average Bonchev–Trinajstić information content (AvgIpc) is 2.05. The van der Waals surface area contributed by atoms with Gasteiger partial charge < -0.3 is 5.11 Å². The van der Waals surface area contributed by atoms with Crippen LogP contribution < -0.4 is 0 Å². The van der Waals surface area contributed by atoms with Crippen LogP contribution in [0, 0.1) is 13.3 Å². The molecule has 0 bridgehead atoms. The van der Waals surface area contributed by atoms with Crippen molar-refractivity contribution in [2.75, 3.05) is 0 Å². The molecule has 1 aromatic rings. The molecule has 2 nitrogen and oxygen atoms in total. The first-order valence-corrected chi connectivity index (χ1v) is 3.78. The first kappa shape index (κ1) is 8.78. The molecule has 2 heteroatoms. The van der Waals surface area contributed by atoms with Crippen molar-refractivity contribution in [1.82, 2.24) is 0 Å². The van der Waals surface area contributed by atoms with Gasteiger partial charge in [0.15, 0.2) is 0 Å². The first-order chi connectivity index (χ1) is 5.65. The van der Waals surface area contributed by atoms with Crippen LogP contribution in [0.2, 0.25) is 0 Å². The lowest BCUT2D eigenvalue weighted by Gasteiger charge is -2.02. The number of aromatic carboxylic acids is 1. The lowest BCUT2D eigenvalue weighted by Crippen LogP contribution is -1.97. The van der Waals surface area contributed by atoms with Crippen molar-refractivity contribution in [3.05, 3.63) is 41.3 Å². The summed E-state index contributed by atoms with van der Waals surface area (Å²) in [6, 6.07) is 5.11. The Labute approximate surface area is 71.8 Å². The number of hydrogen-bond donors (Lipinski definition) is 1. The number of benzene rings is 1. The van der Waals surface area contributed by atoms with Crippen LogP contribution in [0.15, 0.2) is 18.2 Å². The summed E-state index contributed by atoms with van der Waals surface area (Å²) in [4.78, 5) is 10.6. The smallest absolute Gasteiger partial charge is 0.335 e. The number of rotatable bonds is 2. The van der Waals surface area contributed by atoms with Crippen molar-refractivity contribution in [1.29, 1.82) is 0 Å². The summed E-state index contributed by atoms with van der Waals surface area (Å²) in [6.07, 6.45) is 1.90.